The normalized spacial score (nSPS) is 10.5. The molecule has 9 heteroatoms. The number of anilines is 1. The highest BCUT2D eigenvalue weighted by Gasteiger charge is 2.11. The van der Waals surface area contributed by atoms with Gasteiger partial charge in [0.05, 0.1) is 6.61 Å². The van der Waals surface area contributed by atoms with E-state index in [1.165, 1.54) is 17.5 Å². The van der Waals surface area contributed by atoms with Crippen LogP contribution in [0.5, 0.6) is 5.88 Å². The molecule has 0 saturated heterocycles. The molecule has 22 heavy (non-hydrogen) atoms. The van der Waals surface area contributed by atoms with Crippen LogP contribution in [-0.2, 0) is 4.74 Å². The Labute approximate surface area is 136 Å². The number of carbonyl (C=O) groups excluding carboxylic acids is 1. The van der Waals surface area contributed by atoms with Gasteiger partial charge < -0.3 is 9.47 Å². The van der Waals surface area contributed by atoms with Crippen molar-refractivity contribution in [2.45, 2.75) is 11.3 Å². The molecule has 0 aromatic carbocycles. The minimum absolute atomic E-state index is 0.275. The van der Waals surface area contributed by atoms with Crippen molar-refractivity contribution in [1.82, 2.24) is 15.2 Å². The minimum Gasteiger partial charge on any atom is -0.475 e. The van der Waals surface area contributed by atoms with Gasteiger partial charge in [-0.15, -0.1) is 10.2 Å². The number of hydrogen-bond acceptors (Lipinski definition) is 8. The van der Waals surface area contributed by atoms with Crippen LogP contribution in [-0.4, -0.2) is 47.2 Å². The molecule has 2 aromatic heterocycles. The summed E-state index contributed by atoms with van der Waals surface area (Å²) < 4.78 is 11.1. The Bertz CT molecular complexity index is 621. The van der Waals surface area contributed by atoms with Crippen molar-refractivity contribution in [3.8, 4) is 5.88 Å². The Morgan fingerprint density at radius 3 is 3.05 bits per heavy atom. The molecule has 0 radical (unpaired) electrons. The standard InChI is InChI=1S/C13H16N4O3S2/c1-3-21-13-17-16-12(22-13)15-11(18)9-4-5-14-10(8-9)20-7-6-19-2/h4-5,8H,3,6-7H2,1-2H3,(H,15,16,18). The van der Waals surface area contributed by atoms with E-state index < -0.39 is 0 Å². The van der Waals surface area contributed by atoms with Gasteiger partial charge in [-0.2, -0.15) is 0 Å². The molecule has 0 bridgehead atoms. The maximum absolute atomic E-state index is 12.2. The number of carbonyl (C=O) groups is 1. The molecule has 0 atom stereocenters. The topological polar surface area (TPSA) is 86.2 Å². The maximum Gasteiger partial charge on any atom is 0.257 e. The quantitative estimate of drug-likeness (QED) is 0.448. The summed E-state index contributed by atoms with van der Waals surface area (Å²) in [6, 6.07) is 3.19. The van der Waals surface area contributed by atoms with Gasteiger partial charge in [-0.3, -0.25) is 10.1 Å². The number of methoxy groups -OCH3 is 1. The fourth-order valence-corrected chi connectivity index (χ4v) is 3.11. The van der Waals surface area contributed by atoms with Gasteiger partial charge in [0, 0.05) is 24.9 Å². The predicted octanol–water partition coefficient (Wildman–Crippen LogP) is 2.32. The highest BCUT2D eigenvalue weighted by atomic mass is 32.2. The van der Waals surface area contributed by atoms with Gasteiger partial charge in [0.15, 0.2) is 4.34 Å². The van der Waals surface area contributed by atoms with E-state index in [1.807, 2.05) is 6.92 Å². The van der Waals surface area contributed by atoms with Crippen LogP contribution in [0.3, 0.4) is 0 Å². The number of ether oxygens (including phenoxy) is 2. The number of nitrogens with one attached hydrogen (secondary N) is 1. The third-order valence-electron chi connectivity index (χ3n) is 2.43. The summed E-state index contributed by atoms with van der Waals surface area (Å²) >= 11 is 2.93. The summed E-state index contributed by atoms with van der Waals surface area (Å²) in [5.41, 5.74) is 0.447. The van der Waals surface area contributed by atoms with Crippen LogP contribution >= 0.6 is 23.1 Å². The van der Waals surface area contributed by atoms with E-state index in [0.29, 0.717) is 29.8 Å². The molecule has 118 valence electrons. The van der Waals surface area contributed by atoms with E-state index >= 15 is 0 Å². The molecular weight excluding hydrogens is 324 g/mol. The lowest BCUT2D eigenvalue weighted by molar-refractivity contribution is 0.102. The molecule has 1 amide bonds. The monoisotopic (exact) mass is 340 g/mol. The lowest BCUT2D eigenvalue weighted by Gasteiger charge is -2.06. The molecule has 0 aliphatic heterocycles. The SMILES string of the molecule is CCSc1nnc(NC(=O)c2ccnc(OCCOC)c2)s1. The lowest BCUT2D eigenvalue weighted by atomic mass is 10.2. The first kappa shape index (κ1) is 16.7. The van der Waals surface area contributed by atoms with Crippen LogP contribution in [0.25, 0.3) is 0 Å². The van der Waals surface area contributed by atoms with Crippen LogP contribution in [0.1, 0.15) is 17.3 Å². The summed E-state index contributed by atoms with van der Waals surface area (Å²) in [6.07, 6.45) is 1.52. The molecule has 0 unspecified atom stereocenters. The van der Waals surface area contributed by atoms with Crippen molar-refractivity contribution in [3.63, 3.8) is 0 Å². The summed E-state index contributed by atoms with van der Waals surface area (Å²) in [5, 5.41) is 11.1. The van der Waals surface area contributed by atoms with Gasteiger partial charge in [0.2, 0.25) is 11.0 Å². The number of amides is 1. The lowest BCUT2D eigenvalue weighted by Crippen LogP contribution is -2.12. The first-order valence-corrected chi connectivity index (χ1v) is 8.38. The number of pyridine rings is 1. The Balaban J connectivity index is 1.97. The molecule has 2 rings (SSSR count). The molecule has 0 aliphatic rings. The van der Waals surface area contributed by atoms with Gasteiger partial charge in [-0.05, 0) is 11.8 Å². The van der Waals surface area contributed by atoms with E-state index in [-0.39, 0.29) is 5.91 Å². The van der Waals surface area contributed by atoms with Crippen molar-refractivity contribution < 1.29 is 14.3 Å². The van der Waals surface area contributed by atoms with Crippen LogP contribution < -0.4 is 10.1 Å². The van der Waals surface area contributed by atoms with Gasteiger partial charge >= 0.3 is 0 Å². The smallest absolute Gasteiger partial charge is 0.257 e. The highest BCUT2D eigenvalue weighted by molar-refractivity contribution is 8.01. The molecule has 2 aromatic rings. The summed E-state index contributed by atoms with van der Waals surface area (Å²) in [4.78, 5) is 16.2. The highest BCUT2D eigenvalue weighted by Crippen LogP contribution is 2.25. The number of hydrogen-bond donors (Lipinski definition) is 1. The number of nitrogens with zero attached hydrogens (tertiary/aromatic N) is 3. The third kappa shape index (κ3) is 4.93. The molecule has 0 aliphatic carbocycles. The van der Waals surface area contributed by atoms with Crippen LogP contribution in [0.2, 0.25) is 0 Å². The Morgan fingerprint density at radius 1 is 1.41 bits per heavy atom. The second kappa shape index (κ2) is 8.66. The summed E-state index contributed by atoms with van der Waals surface area (Å²) in [5.74, 6) is 1.02. The average molecular weight is 340 g/mol. The van der Waals surface area contributed by atoms with Gasteiger partial charge in [-0.1, -0.05) is 30.0 Å². The number of aromatic nitrogens is 3. The molecule has 0 fully saturated rings. The minimum atomic E-state index is -0.275. The second-order valence-corrected chi connectivity index (χ2v) is 6.47. The van der Waals surface area contributed by atoms with E-state index in [1.54, 1.807) is 31.0 Å². The number of rotatable bonds is 8. The van der Waals surface area contributed by atoms with Crippen molar-refractivity contribution in [2.24, 2.45) is 0 Å². The molecule has 0 saturated carbocycles. The van der Waals surface area contributed by atoms with Crippen molar-refractivity contribution >= 4 is 34.1 Å². The van der Waals surface area contributed by atoms with Gasteiger partial charge in [0.1, 0.15) is 6.61 Å². The van der Waals surface area contributed by atoms with Crippen molar-refractivity contribution in [2.75, 3.05) is 31.4 Å². The maximum atomic E-state index is 12.2. The van der Waals surface area contributed by atoms with Crippen molar-refractivity contribution in [1.29, 1.82) is 0 Å². The fourth-order valence-electron chi connectivity index (χ4n) is 1.47. The molecular formula is C13H16N4O3S2. The van der Waals surface area contributed by atoms with Crippen molar-refractivity contribution in [3.05, 3.63) is 23.9 Å². The molecule has 2 heterocycles. The zero-order valence-corrected chi connectivity index (χ0v) is 13.9. The summed E-state index contributed by atoms with van der Waals surface area (Å²) in [6.45, 7) is 2.87. The first-order valence-electron chi connectivity index (χ1n) is 6.58. The van der Waals surface area contributed by atoms with E-state index in [2.05, 4.69) is 20.5 Å². The Morgan fingerprint density at radius 2 is 2.27 bits per heavy atom. The van der Waals surface area contributed by atoms with Gasteiger partial charge in [-0.25, -0.2) is 4.98 Å². The Hall–Kier alpha value is -1.71. The summed E-state index contributed by atoms with van der Waals surface area (Å²) in [7, 11) is 1.59. The largest absolute Gasteiger partial charge is 0.475 e. The van der Waals surface area contributed by atoms with Crippen LogP contribution in [0.4, 0.5) is 5.13 Å². The van der Waals surface area contributed by atoms with Crippen LogP contribution in [0.15, 0.2) is 22.7 Å². The zero-order chi connectivity index (χ0) is 15.8. The molecule has 7 nitrogen and oxygen atoms in total. The van der Waals surface area contributed by atoms with Crippen LogP contribution in [0, 0.1) is 0 Å². The average Bonchev–Trinajstić information content (AvgIpc) is 2.95. The fraction of sp³-hybridized carbons (Fsp3) is 0.385. The van der Waals surface area contributed by atoms with Gasteiger partial charge in [0.25, 0.3) is 5.91 Å². The van der Waals surface area contributed by atoms with E-state index in [9.17, 15) is 4.79 Å². The third-order valence-corrected chi connectivity index (χ3v) is 4.28. The molecule has 0 spiro atoms. The zero-order valence-electron chi connectivity index (χ0n) is 12.2. The molecule has 1 N–H and O–H groups in total. The number of thioether (sulfide) groups is 1. The van der Waals surface area contributed by atoms with E-state index in [4.69, 9.17) is 9.47 Å². The first-order chi connectivity index (χ1) is 10.7. The predicted molar refractivity (Wildman–Crippen MR) is 85.9 cm³/mol. The van der Waals surface area contributed by atoms with E-state index in [0.717, 1.165) is 10.1 Å². The Kier molecular flexibility index (Phi) is 6.56. The second-order valence-electron chi connectivity index (χ2n) is 3.98.